The van der Waals surface area contributed by atoms with Crippen LogP contribution in [0.2, 0.25) is 0 Å². The van der Waals surface area contributed by atoms with Crippen molar-refractivity contribution in [3.8, 4) is 0 Å². The van der Waals surface area contributed by atoms with Gasteiger partial charge in [0.1, 0.15) is 0 Å². The third kappa shape index (κ3) is 1.88. The number of thiazole rings is 1. The molecule has 1 aromatic heterocycles. The predicted molar refractivity (Wildman–Crippen MR) is 90.0 cm³/mol. The van der Waals surface area contributed by atoms with E-state index in [1.807, 2.05) is 55.5 Å². The van der Waals surface area contributed by atoms with Crippen LogP contribution < -0.4 is 4.90 Å². The largest absolute Gasteiger partial charge is 0.272 e. The first-order valence-corrected chi connectivity index (χ1v) is 8.01. The second-order valence-corrected chi connectivity index (χ2v) is 6.21. The van der Waals surface area contributed by atoms with Crippen molar-refractivity contribution in [2.75, 3.05) is 4.90 Å². The summed E-state index contributed by atoms with van der Waals surface area (Å²) in [6.45, 7) is 1.92. The zero-order valence-electron chi connectivity index (χ0n) is 12.1. The van der Waals surface area contributed by atoms with Crippen LogP contribution in [0.1, 0.15) is 18.5 Å². The normalized spacial score (nSPS) is 19.7. The van der Waals surface area contributed by atoms with E-state index in [2.05, 4.69) is 17.1 Å². The van der Waals surface area contributed by atoms with E-state index in [1.165, 1.54) is 0 Å². The van der Waals surface area contributed by atoms with Crippen LogP contribution in [-0.2, 0) is 4.79 Å². The number of benzene rings is 2. The summed E-state index contributed by atoms with van der Waals surface area (Å²) < 4.78 is 1.10. The van der Waals surface area contributed by atoms with Gasteiger partial charge in [0.15, 0.2) is 5.13 Å². The minimum atomic E-state index is -0.0285. The standard InChI is InChI=1S/C18H14N2OS/c1-2-13-16(12-8-4-3-5-9-12)20(17(13)21)18-19-14-10-6-7-11-15(14)22-18/h2-11,16H,1H3. The highest BCUT2D eigenvalue weighted by molar-refractivity contribution is 7.22. The monoisotopic (exact) mass is 306 g/mol. The Labute approximate surface area is 132 Å². The molecule has 0 N–H and O–H groups in total. The Balaban J connectivity index is 1.81. The number of β-lactam (4-membered cyclic amide) rings is 1. The van der Waals surface area contributed by atoms with Gasteiger partial charge in [-0.25, -0.2) is 4.98 Å². The van der Waals surface area contributed by atoms with Gasteiger partial charge in [-0.2, -0.15) is 0 Å². The molecule has 0 spiro atoms. The van der Waals surface area contributed by atoms with E-state index in [1.54, 1.807) is 16.2 Å². The number of carbonyl (C=O) groups excluding carboxylic acids is 1. The molecule has 1 aliphatic rings. The average molecular weight is 306 g/mol. The lowest BCUT2D eigenvalue weighted by molar-refractivity contribution is -0.119. The van der Waals surface area contributed by atoms with Gasteiger partial charge in [-0.3, -0.25) is 9.69 Å². The maximum Gasteiger partial charge on any atom is 0.258 e. The molecule has 3 nitrogen and oxygen atoms in total. The number of nitrogens with zero attached hydrogens (tertiary/aromatic N) is 2. The molecule has 1 saturated heterocycles. The predicted octanol–water partition coefficient (Wildman–Crippen LogP) is 4.33. The molecular formula is C18H14N2OS. The summed E-state index contributed by atoms with van der Waals surface area (Å²) in [6.07, 6.45) is 1.91. The van der Waals surface area contributed by atoms with Crippen LogP contribution in [0.15, 0.2) is 66.2 Å². The molecule has 0 aliphatic carbocycles. The van der Waals surface area contributed by atoms with Gasteiger partial charge in [0, 0.05) is 5.57 Å². The second kappa shape index (κ2) is 5.07. The Morgan fingerprint density at radius 2 is 1.82 bits per heavy atom. The summed E-state index contributed by atoms with van der Waals surface area (Å²) in [6, 6.07) is 18.1. The molecule has 0 saturated carbocycles. The van der Waals surface area contributed by atoms with E-state index in [0.29, 0.717) is 0 Å². The summed E-state index contributed by atoms with van der Waals surface area (Å²) >= 11 is 1.56. The number of para-hydroxylation sites is 1. The summed E-state index contributed by atoms with van der Waals surface area (Å²) in [5.74, 6) is 0.0513. The fourth-order valence-corrected chi connectivity index (χ4v) is 3.84. The lowest BCUT2D eigenvalue weighted by Gasteiger charge is -2.41. The fourth-order valence-electron chi connectivity index (χ4n) is 2.85. The van der Waals surface area contributed by atoms with Crippen LogP contribution in [0.4, 0.5) is 5.13 Å². The van der Waals surface area contributed by atoms with Crippen molar-refractivity contribution in [1.29, 1.82) is 0 Å². The zero-order chi connectivity index (χ0) is 15.1. The maximum absolute atomic E-state index is 12.5. The van der Waals surface area contributed by atoms with Gasteiger partial charge in [0.2, 0.25) is 0 Å². The number of fused-ring (bicyclic) bond motifs is 1. The molecule has 1 unspecified atom stereocenters. The van der Waals surface area contributed by atoms with Gasteiger partial charge in [-0.15, -0.1) is 0 Å². The summed E-state index contributed by atoms with van der Waals surface area (Å²) in [4.78, 5) is 18.9. The van der Waals surface area contributed by atoms with Crippen molar-refractivity contribution in [2.24, 2.45) is 0 Å². The summed E-state index contributed by atoms with van der Waals surface area (Å²) in [5, 5.41) is 0.769. The topological polar surface area (TPSA) is 33.2 Å². The lowest BCUT2D eigenvalue weighted by atomic mass is 9.88. The molecule has 108 valence electrons. The Hall–Kier alpha value is -2.46. The second-order valence-electron chi connectivity index (χ2n) is 5.20. The van der Waals surface area contributed by atoms with E-state index in [9.17, 15) is 4.79 Å². The minimum Gasteiger partial charge on any atom is -0.272 e. The Morgan fingerprint density at radius 3 is 2.55 bits per heavy atom. The van der Waals surface area contributed by atoms with E-state index < -0.39 is 0 Å². The SMILES string of the molecule is CC=C1C(=O)N(c2nc3ccccc3s2)C1c1ccccc1. The Bertz CT molecular complexity index is 849. The van der Waals surface area contributed by atoms with Crippen molar-refractivity contribution in [3.63, 3.8) is 0 Å². The van der Waals surface area contributed by atoms with Crippen molar-refractivity contribution >= 4 is 32.6 Å². The van der Waals surface area contributed by atoms with Crippen LogP contribution >= 0.6 is 11.3 Å². The highest BCUT2D eigenvalue weighted by Gasteiger charge is 2.44. The number of hydrogen-bond acceptors (Lipinski definition) is 3. The lowest BCUT2D eigenvalue weighted by Crippen LogP contribution is -2.49. The van der Waals surface area contributed by atoms with Crippen molar-refractivity contribution in [1.82, 2.24) is 4.98 Å². The maximum atomic E-state index is 12.5. The van der Waals surface area contributed by atoms with E-state index in [0.717, 1.165) is 26.5 Å². The molecule has 22 heavy (non-hydrogen) atoms. The minimum absolute atomic E-state index is 0.0285. The van der Waals surface area contributed by atoms with Gasteiger partial charge in [0.05, 0.1) is 16.3 Å². The molecule has 2 aromatic carbocycles. The molecule has 0 bridgehead atoms. The molecule has 3 aromatic rings. The Morgan fingerprint density at radius 1 is 1.09 bits per heavy atom. The molecular weight excluding hydrogens is 292 g/mol. The van der Waals surface area contributed by atoms with Gasteiger partial charge in [-0.05, 0) is 24.6 Å². The van der Waals surface area contributed by atoms with Gasteiger partial charge >= 0.3 is 0 Å². The molecule has 1 amide bonds. The number of anilines is 1. The highest BCUT2D eigenvalue weighted by atomic mass is 32.1. The summed E-state index contributed by atoms with van der Waals surface area (Å²) in [7, 11) is 0. The quantitative estimate of drug-likeness (QED) is 0.521. The number of hydrogen-bond donors (Lipinski definition) is 0. The smallest absolute Gasteiger partial charge is 0.258 e. The molecule has 4 heteroatoms. The molecule has 2 heterocycles. The van der Waals surface area contributed by atoms with Crippen molar-refractivity contribution < 1.29 is 4.79 Å². The Kier molecular flexibility index (Phi) is 3.05. The van der Waals surface area contributed by atoms with Crippen LogP contribution in [0, 0.1) is 0 Å². The van der Waals surface area contributed by atoms with Crippen LogP contribution in [0.5, 0.6) is 0 Å². The van der Waals surface area contributed by atoms with Crippen LogP contribution in [-0.4, -0.2) is 10.9 Å². The van der Waals surface area contributed by atoms with Crippen LogP contribution in [0.3, 0.4) is 0 Å². The zero-order valence-corrected chi connectivity index (χ0v) is 12.9. The van der Waals surface area contributed by atoms with Crippen LogP contribution in [0.25, 0.3) is 10.2 Å². The first-order chi connectivity index (χ1) is 10.8. The molecule has 0 radical (unpaired) electrons. The van der Waals surface area contributed by atoms with Crippen molar-refractivity contribution in [3.05, 3.63) is 71.8 Å². The number of carbonyl (C=O) groups is 1. The van der Waals surface area contributed by atoms with Gasteiger partial charge in [-0.1, -0.05) is 59.9 Å². The molecule has 1 atom stereocenters. The number of allylic oxidation sites excluding steroid dienone is 1. The fraction of sp³-hybridized carbons (Fsp3) is 0.111. The number of rotatable bonds is 2. The van der Waals surface area contributed by atoms with Crippen molar-refractivity contribution in [2.45, 2.75) is 13.0 Å². The molecule has 4 rings (SSSR count). The highest BCUT2D eigenvalue weighted by Crippen LogP contribution is 2.45. The number of aromatic nitrogens is 1. The first-order valence-electron chi connectivity index (χ1n) is 7.20. The third-order valence-electron chi connectivity index (χ3n) is 3.93. The average Bonchev–Trinajstić information content (AvgIpc) is 2.96. The molecule has 1 aliphatic heterocycles. The van der Waals surface area contributed by atoms with Gasteiger partial charge < -0.3 is 0 Å². The third-order valence-corrected chi connectivity index (χ3v) is 4.97. The first kappa shape index (κ1) is 13.2. The van der Waals surface area contributed by atoms with E-state index in [-0.39, 0.29) is 11.9 Å². The van der Waals surface area contributed by atoms with E-state index in [4.69, 9.17) is 0 Å². The van der Waals surface area contributed by atoms with E-state index >= 15 is 0 Å². The molecule has 1 fully saturated rings. The summed E-state index contributed by atoms with van der Waals surface area (Å²) in [5.41, 5.74) is 2.90. The number of amides is 1. The van der Waals surface area contributed by atoms with Gasteiger partial charge in [0.25, 0.3) is 5.91 Å².